The van der Waals surface area contributed by atoms with E-state index in [-0.39, 0.29) is 6.61 Å². The van der Waals surface area contributed by atoms with Gasteiger partial charge in [-0.25, -0.2) is 10.8 Å². The average molecular weight is 407 g/mol. The number of nitrogens with two attached hydrogens (primary N) is 1. The van der Waals surface area contributed by atoms with E-state index in [0.717, 1.165) is 8.95 Å². The summed E-state index contributed by atoms with van der Waals surface area (Å²) in [5.74, 6) is 6.56. The number of ether oxygens (including phenoxy) is 1. The Morgan fingerprint density at radius 1 is 1.26 bits per heavy atom. The summed E-state index contributed by atoms with van der Waals surface area (Å²) in [5, 5.41) is 0.534. The molecule has 4 nitrogen and oxygen atoms in total. The van der Waals surface area contributed by atoms with E-state index >= 15 is 0 Å². The molecule has 7 heteroatoms. The minimum atomic E-state index is 0.259. The summed E-state index contributed by atoms with van der Waals surface area (Å²) in [7, 11) is 0. The Hall–Kier alpha value is -0.820. The van der Waals surface area contributed by atoms with Gasteiger partial charge in [-0.15, -0.1) is 0 Å². The number of nitrogens with one attached hydrogen (secondary N) is 1. The monoisotopic (exact) mass is 405 g/mol. The molecule has 0 aliphatic rings. The van der Waals surface area contributed by atoms with Crippen molar-refractivity contribution in [3.8, 4) is 5.75 Å². The van der Waals surface area contributed by atoms with Crippen LogP contribution in [0, 0.1) is 0 Å². The summed E-state index contributed by atoms with van der Waals surface area (Å²) in [4.78, 5) is 4.24. The van der Waals surface area contributed by atoms with Crippen molar-refractivity contribution < 1.29 is 4.74 Å². The molecule has 0 fully saturated rings. The molecule has 0 spiro atoms. The second kappa shape index (κ2) is 6.56. The van der Waals surface area contributed by atoms with Gasteiger partial charge >= 0.3 is 0 Å². The number of hydrogen-bond donors (Lipinski definition) is 2. The van der Waals surface area contributed by atoms with Crippen molar-refractivity contribution in [1.82, 2.24) is 4.98 Å². The molecule has 2 aromatic rings. The first-order valence-electron chi connectivity index (χ1n) is 5.30. The third kappa shape index (κ3) is 3.82. The summed E-state index contributed by atoms with van der Waals surface area (Å²) in [6.45, 7) is 0.259. The van der Waals surface area contributed by atoms with Crippen molar-refractivity contribution in [3.63, 3.8) is 0 Å². The third-order valence-electron chi connectivity index (χ3n) is 2.32. The maximum atomic E-state index is 6.05. The lowest BCUT2D eigenvalue weighted by Crippen LogP contribution is -2.10. The highest BCUT2D eigenvalue weighted by Crippen LogP contribution is 2.29. The Morgan fingerprint density at radius 3 is 2.74 bits per heavy atom. The average Bonchev–Trinajstić information content (AvgIpc) is 2.39. The van der Waals surface area contributed by atoms with Gasteiger partial charge < -0.3 is 10.2 Å². The lowest BCUT2D eigenvalue weighted by atomic mass is 10.3. The number of benzene rings is 1. The van der Waals surface area contributed by atoms with Crippen LogP contribution >= 0.6 is 43.5 Å². The van der Waals surface area contributed by atoms with Crippen LogP contribution in [0.25, 0.3) is 0 Å². The molecule has 0 bridgehead atoms. The number of rotatable bonds is 4. The maximum Gasteiger partial charge on any atom is 0.140 e. The second-order valence-corrected chi connectivity index (χ2v) is 5.81. The summed E-state index contributed by atoms with van der Waals surface area (Å²) < 4.78 is 7.50. The predicted octanol–water partition coefficient (Wildman–Crippen LogP) is 4.12. The van der Waals surface area contributed by atoms with E-state index in [4.69, 9.17) is 22.2 Å². The van der Waals surface area contributed by atoms with Crippen LogP contribution in [-0.4, -0.2) is 4.98 Å². The molecule has 0 unspecified atom stereocenters. The van der Waals surface area contributed by atoms with E-state index in [1.165, 1.54) is 0 Å². The van der Waals surface area contributed by atoms with Gasteiger partial charge in [-0.1, -0.05) is 27.5 Å². The molecule has 1 aromatic carbocycles. The van der Waals surface area contributed by atoms with E-state index < -0.39 is 0 Å². The van der Waals surface area contributed by atoms with Crippen molar-refractivity contribution >= 4 is 49.3 Å². The summed E-state index contributed by atoms with van der Waals surface area (Å²) in [6.07, 6.45) is 0. The SMILES string of the molecule is NNc1ccc(Cl)c(COc2ccc(Br)cc2Br)n1. The largest absolute Gasteiger partial charge is 0.486 e. The van der Waals surface area contributed by atoms with E-state index in [0.29, 0.717) is 22.3 Å². The summed E-state index contributed by atoms with van der Waals surface area (Å²) in [6, 6.07) is 9.07. The quantitative estimate of drug-likeness (QED) is 0.591. The van der Waals surface area contributed by atoms with E-state index in [1.807, 2.05) is 18.2 Å². The molecule has 3 N–H and O–H groups in total. The zero-order chi connectivity index (χ0) is 13.8. The highest BCUT2D eigenvalue weighted by Gasteiger charge is 2.07. The molecule has 1 heterocycles. The Bertz CT molecular complexity index is 595. The van der Waals surface area contributed by atoms with Gasteiger partial charge in [-0.05, 0) is 46.3 Å². The number of aromatic nitrogens is 1. The molecule has 1 aromatic heterocycles. The van der Waals surface area contributed by atoms with Crippen LogP contribution in [0.4, 0.5) is 5.82 Å². The molecule has 0 amide bonds. The Morgan fingerprint density at radius 2 is 2.05 bits per heavy atom. The first kappa shape index (κ1) is 14.6. The normalized spacial score (nSPS) is 10.3. The number of halogens is 3. The van der Waals surface area contributed by atoms with Crippen LogP contribution in [0.1, 0.15) is 5.69 Å². The molecule has 0 aliphatic heterocycles. The van der Waals surface area contributed by atoms with Crippen LogP contribution in [0.5, 0.6) is 5.75 Å². The number of pyridine rings is 1. The molecule has 0 aliphatic carbocycles. The minimum absolute atomic E-state index is 0.259. The molecule has 2 rings (SSSR count). The van der Waals surface area contributed by atoms with Crippen molar-refractivity contribution in [3.05, 3.63) is 50.0 Å². The van der Waals surface area contributed by atoms with Gasteiger partial charge in [0.2, 0.25) is 0 Å². The number of hydrogen-bond acceptors (Lipinski definition) is 4. The van der Waals surface area contributed by atoms with Crippen molar-refractivity contribution in [2.24, 2.45) is 5.84 Å². The van der Waals surface area contributed by atoms with Gasteiger partial charge in [-0.2, -0.15) is 0 Å². The molecule has 0 saturated carbocycles. The van der Waals surface area contributed by atoms with Gasteiger partial charge in [0.05, 0.1) is 15.2 Å². The lowest BCUT2D eigenvalue weighted by molar-refractivity contribution is 0.299. The smallest absolute Gasteiger partial charge is 0.140 e. The summed E-state index contributed by atoms with van der Waals surface area (Å²) >= 11 is 12.9. The molecule has 100 valence electrons. The Kier molecular flexibility index (Phi) is 5.04. The van der Waals surface area contributed by atoms with Crippen LogP contribution < -0.4 is 16.0 Å². The topological polar surface area (TPSA) is 60.2 Å². The maximum absolute atomic E-state index is 6.05. The predicted molar refractivity (Wildman–Crippen MR) is 83.2 cm³/mol. The Balaban J connectivity index is 2.14. The first-order chi connectivity index (χ1) is 9.10. The number of hydrazine groups is 1. The molecule has 19 heavy (non-hydrogen) atoms. The summed E-state index contributed by atoms with van der Waals surface area (Å²) in [5.41, 5.74) is 3.09. The van der Waals surface area contributed by atoms with Crippen LogP contribution in [-0.2, 0) is 6.61 Å². The molecule has 0 radical (unpaired) electrons. The standard InChI is InChI=1S/C12H10Br2ClN3O/c13-7-1-3-11(8(14)5-7)19-6-10-9(15)2-4-12(17-10)18-16/h1-5H,6,16H2,(H,17,18). The number of anilines is 1. The fourth-order valence-electron chi connectivity index (χ4n) is 1.40. The van der Waals surface area contributed by atoms with Crippen LogP contribution in [0.2, 0.25) is 5.02 Å². The highest BCUT2D eigenvalue weighted by atomic mass is 79.9. The van der Waals surface area contributed by atoms with Gasteiger partial charge in [0.1, 0.15) is 18.2 Å². The highest BCUT2D eigenvalue weighted by molar-refractivity contribution is 9.11. The van der Waals surface area contributed by atoms with Crippen molar-refractivity contribution in [1.29, 1.82) is 0 Å². The Labute approximate surface area is 132 Å². The fraction of sp³-hybridized carbons (Fsp3) is 0.0833. The van der Waals surface area contributed by atoms with Gasteiger partial charge in [0.25, 0.3) is 0 Å². The molecule has 0 saturated heterocycles. The molecule has 0 atom stereocenters. The third-order valence-corrected chi connectivity index (χ3v) is 3.78. The van der Waals surface area contributed by atoms with Crippen molar-refractivity contribution in [2.45, 2.75) is 6.61 Å². The minimum Gasteiger partial charge on any atom is -0.486 e. The molecular formula is C12H10Br2ClN3O. The first-order valence-corrected chi connectivity index (χ1v) is 7.26. The zero-order valence-electron chi connectivity index (χ0n) is 9.66. The van der Waals surface area contributed by atoms with E-state index in [9.17, 15) is 0 Å². The number of nitrogens with zero attached hydrogens (tertiary/aromatic N) is 1. The molecular weight excluding hydrogens is 397 g/mol. The lowest BCUT2D eigenvalue weighted by Gasteiger charge is -2.10. The van der Waals surface area contributed by atoms with Crippen LogP contribution in [0.3, 0.4) is 0 Å². The fourth-order valence-corrected chi connectivity index (χ4v) is 2.73. The van der Waals surface area contributed by atoms with Gasteiger partial charge in [0, 0.05) is 4.47 Å². The number of nitrogen functional groups attached to an aromatic ring is 1. The second-order valence-electron chi connectivity index (χ2n) is 3.63. The van der Waals surface area contributed by atoms with Crippen molar-refractivity contribution in [2.75, 3.05) is 5.43 Å². The van der Waals surface area contributed by atoms with Gasteiger partial charge in [-0.3, -0.25) is 0 Å². The zero-order valence-corrected chi connectivity index (χ0v) is 13.6. The van der Waals surface area contributed by atoms with Gasteiger partial charge in [0.15, 0.2) is 0 Å². The van der Waals surface area contributed by atoms with E-state index in [1.54, 1.807) is 12.1 Å². The van der Waals surface area contributed by atoms with Crippen LogP contribution in [0.15, 0.2) is 39.3 Å². The van der Waals surface area contributed by atoms with E-state index in [2.05, 4.69) is 42.3 Å².